The van der Waals surface area contributed by atoms with E-state index in [9.17, 15) is 52.8 Å². The van der Waals surface area contributed by atoms with Crippen LogP contribution in [0.5, 0.6) is 0 Å². The minimum Gasteiger partial charge on any atom is -0.383 e. The number of methoxy groups -OCH3 is 1. The number of fused-ring (bicyclic) bond motifs is 4. The molecule has 8 heterocycles. The van der Waals surface area contributed by atoms with Gasteiger partial charge in [0.2, 0.25) is 0 Å². The third kappa shape index (κ3) is 25.8. The van der Waals surface area contributed by atoms with Crippen LogP contribution in [0.3, 0.4) is 0 Å². The lowest BCUT2D eigenvalue weighted by atomic mass is 10.1. The Hall–Kier alpha value is -10.4. The Kier molecular flexibility index (Phi) is 36.1. The van der Waals surface area contributed by atoms with Crippen molar-refractivity contribution in [3.63, 3.8) is 0 Å². The van der Waals surface area contributed by atoms with Crippen LogP contribution < -0.4 is 0 Å². The van der Waals surface area contributed by atoms with Crippen LogP contribution in [-0.2, 0) is 44.8 Å². The molecule has 0 unspecified atom stereocenters. The second-order valence-corrected chi connectivity index (χ2v) is 48.7. The number of halogens is 4. The number of terminal acetylenes is 1. The van der Waals surface area contributed by atoms with Gasteiger partial charge >= 0.3 is 0 Å². The third-order valence-corrected chi connectivity index (χ3v) is 38.9. The van der Waals surface area contributed by atoms with E-state index in [2.05, 4.69) is 17.7 Å². The summed E-state index contributed by atoms with van der Waals surface area (Å²) in [5.74, 6) is 3.38. The number of carbonyl (C=O) groups excluding carboxylic acids is 4. The van der Waals surface area contributed by atoms with Crippen LogP contribution in [0.1, 0.15) is 83.5 Å². The van der Waals surface area contributed by atoms with Crippen molar-refractivity contribution in [1.82, 2.24) is 61.3 Å². The molecule has 8 aromatic carbocycles. The molecular weight excluding hydrogens is 2020 g/mol. The molecule has 0 radical (unpaired) electrons. The molecule has 140 heavy (non-hydrogen) atoms. The number of ether oxygens (including phenoxy) is 1. The number of hydrogen-bond donors (Lipinski definition) is 4. The maximum Gasteiger partial charge on any atom is 0.253 e. The van der Waals surface area contributed by atoms with E-state index in [4.69, 9.17) is 79.2 Å². The Bertz CT molecular complexity index is 6890. The molecule has 42 heteroatoms. The molecule has 4 aliphatic heterocycles. The summed E-state index contributed by atoms with van der Waals surface area (Å²) in [7, 11) is -1.63. The number of carbonyl (C=O) groups is 4. The fraction of sp³-hybridized carbons (Fsp3) is 0.327. The summed E-state index contributed by atoms with van der Waals surface area (Å²) < 4.78 is 121. The molecule has 740 valence electrons. The first-order chi connectivity index (χ1) is 66.7. The lowest BCUT2D eigenvalue weighted by Crippen LogP contribution is -2.50. The molecule has 0 bridgehead atoms. The van der Waals surface area contributed by atoms with Crippen LogP contribution in [0.15, 0.2) is 211 Å². The van der Waals surface area contributed by atoms with Gasteiger partial charge in [-0.05, 0) is 163 Å². The van der Waals surface area contributed by atoms with Crippen LogP contribution in [0.2, 0.25) is 20.1 Å². The Balaban J connectivity index is 0.000000157. The molecule has 12 aromatic rings. The second-order valence-electron chi connectivity index (χ2n) is 34.0. The van der Waals surface area contributed by atoms with Gasteiger partial charge in [-0.3, -0.25) is 40.8 Å². The van der Waals surface area contributed by atoms with Gasteiger partial charge in [-0.15, -0.1) is 51.8 Å². The van der Waals surface area contributed by atoms with Crippen LogP contribution in [-0.4, -0.2) is 335 Å². The molecule has 16 rings (SSSR count). The van der Waals surface area contributed by atoms with Crippen molar-refractivity contribution in [2.75, 3.05) is 193 Å². The largest absolute Gasteiger partial charge is 0.383 e. The normalized spacial score (nSPS) is 14.9. The average molecular weight is 2130 g/mol. The number of nitrogens with one attached hydrogen (secondary N) is 4. The first kappa shape index (κ1) is 107. The molecule has 30 nitrogen and oxygen atoms in total. The second kappa shape index (κ2) is 47.2. The monoisotopic (exact) mass is 2130 g/mol. The van der Waals surface area contributed by atoms with Crippen LogP contribution >= 0.6 is 91.8 Å². The number of hydrogen-bond acceptors (Lipinski definition) is 22. The molecule has 4 amide bonds. The van der Waals surface area contributed by atoms with E-state index in [0.717, 1.165) is 83.9 Å². The molecule has 4 aliphatic rings. The fourth-order valence-corrected chi connectivity index (χ4v) is 28.7. The molecule has 0 aliphatic carbocycles. The number of sulfonamides is 4. The summed E-state index contributed by atoms with van der Waals surface area (Å²) in [5.41, 5.74) is 4.95. The number of amides is 4. The van der Waals surface area contributed by atoms with Crippen LogP contribution in [0.4, 0.5) is 0 Å². The van der Waals surface area contributed by atoms with Gasteiger partial charge in [0.1, 0.15) is 40.2 Å². The Morgan fingerprint density at radius 1 is 0.336 bits per heavy atom. The zero-order valence-electron chi connectivity index (χ0n) is 78.4. The quantitative estimate of drug-likeness (QED) is 0.0222. The topological polar surface area (TPSA) is 352 Å². The first-order valence-corrected chi connectivity index (χ1v) is 55.3. The fourth-order valence-electron chi connectivity index (χ4n) is 15.7. The molecule has 4 fully saturated rings. The van der Waals surface area contributed by atoms with Crippen molar-refractivity contribution in [3.05, 3.63) is 259 Å². The van der Waals surface area contributed by atoms with Gasteiger partial charge in [0, 0.05) is 250 Å². The van der Waals surface area contributed by atoms with Gasteiger partial charge < -0.3 is 48.8 Å². The predicted molar refractivity (Wildman–Crippen MR) is 564 cm³/mol. The number of unbranched alkanes of at least 4 members (excludes halogenated alkanes) is 1. The summed E-state index contributed by atoms with van der Waals surface area (Å²) in [6.45, 7) is 10.3. The molecule has 4 aromatic heterocycles. The lowest BCUT2D eigenvalue weighted by molar-refractivity contribution is 0.0692. The number of thiophene rings is 4. The highest BCUT2D eigenvalue weighted by Crippen LogP contribution is 2.39. The summed E-state index contributed by atoms with van der Waals surface area (Å²) >= 11 is 29.0. The van der Waals surface area contributed by atoms with E-state index in [1.165, 1.54) is 62.6 Å². The van der Waals surface area contributed by atoms with Crippen LogP contribution in [0, 0.1) is 34.0 Å². The standard InChI is InChI=1S/C25H30ClN5O3S2.C25H29ClN4O3S2.C24H27ClN4O4S2.C24H23ClN4O3S2/c1-28(2)10-11-29(3)24(27)18-4-6-19(7-5-18)25(32)30-12-14-31(15-13-30)36(33,34)23-16-20-8-9-21(26)17-22(20)35-23;1-3-4-11-28(2)24(27)18-5-7-19(8-6-18)25(31)29-12-14-30(15-13-29)35(32,33)23-16-20-9-10-21(26)17-22(20)34-23;1-27(13-14-33-2)23(26)17-3-5-18(6-4-17)24(30)28-9-11-29(12-10-28)35(31,32)22-15-19-7-8-20(25)16-21(19)34-22;1-3-10-27(2)23(26)17-4-6-18(7-5-17)24(30)28-11-13-29(14-12-28)34(31,32)22-15-19-8-9-20(25)16-21(19)33-22/h4-9,16-17,27H,10-15H2,1-3H3;5-10,16-17,27H,3-4,11-15H2,1-2H3;3-8,15-16,26H,9-14H2,1-2H3;1,4-9,15-16,26H,10-14H2,2H3. The minimum atomic E-state index is -3.65. The SMILES string of the molecule is C#CCN(C)C(=N)c1ccc(C(=O)N2CCN(S(=O)(=O)c3cc4ccc(Cl)cc4s3)CC2)cc1.CCCCN(C)C(=N)c1ccc(C(=O)N2CCN(S(=O)(=O)c3cc4ccc(Cl)cc4s3)CC2)cc1.CN(C)CCN(C)C(=N)c1ccc(C(=O)N2CCN(S(=O)(=O)c3cc4ccc(Cl)cc4s3)CC2)cc1.COCCN(C)C(=N)c1ccc(C(=O)N2CCN(S(=O)(=O)c3cc4ccc(Cl)cc4s3)CC2)cc1. The Morgan fingerprint density at radius 3 is 0.793 bits per heavy atom. The van der Waals surface area contributed by atoms with Crippen LogP contribution in [0.25, 0.3) is 40.3 Å². The maximum absolute atomic E-state index is 13.2. The highest BCUT2D eigenvalue weighted by atomic mass is 35.5. The number of piperazine rings is 4. The Morgan fingerprint density at radius 2 is 0.564 bits per heavy atom. The van der Waals surface area contributed by atoms with Crippen molar-refractivity contribution < 1.29 is 57.6 Å². The van der Waals surface area contributed by atoms with Crippen molar-refractivity contribution in [2.45, 2.75) is 36.6 Å². The van der Waals surface area contributed by atoms with E-state index in [0.29, 0.717) is 143 Å². The number of likely N-dealkylation sites (N-methyl/N-ethyl adjacent to an activating group) is 3. The molecule has 0 atom stereocenters. The van der Waals surface area contributed by atoms with Crippen molar-refractivity contribution >= 4 is 219 Å². The van der Waals surface area contributed by atoms with E-state index in [-0.39, 0.29) is 98.7 Å². The van der Waals surface area contributed by atoms with E-state index in [1.54, 1.807) is 213 Å². The predicted octanol–water partition coefficient (Wildman–Crippen LogP) is 15.5. The number of nitrogens with zero attached hydrogens (tertiary/aromatic N) is 13. The molecule has 4 saturated heterocycles. The average Bonchev–Trinajstić information content (AvgIpc) is 1.54. The van der Waals surface area contributed by atoms with Gasteiger partial charge in [-0.1, -0.05) is 138 Å². The highest BCUT2D eigenvalue weighted by Gasteiger charge is 2.38. The summed E-state index contributed by atoms with van der Waals surface area (Å²) in [6, 6.07) is 55.9. The van der Waals surface area contributed by atoms with Crippen molar-refractivity contribution in [2.24, 2.45) is 0 Å². The van der Waals surface area contributed by atoms with Crippen molar-refractivity contribution in [3.8, 4) is 12.3 Å². The minimum absolute atomic E-state index is 0.129. The molecule has 4 N–H and O–H groups in total. The van der Waals surface area contributed by atoms with E-state index < -0.39 is 40.1 Å². The smallest absolute Gasteiger partial charge is 0.253 e. The third-order valence-electron chi connectivity index (χ3n) is 24.2. The van der Waals surface area contributed by atoms with Gasteiger partial charge in [0.05, 0.1) is 13.2 Å². The molecule has 0 saturated carbocycles. The maximum atomic E-state index is 13.2. The van der Waals surface area contributed by atoms with Gasteiger partial charge in [-0.25, -0.2) is 33.7 Å². The summed E-state index contributed by atoms with van der Waals surface area (Å²) in [6.07, 6.45) is 7.39. The summed E-state index contributed by atoms with van der Waals surface area (Å²) in [5, 5.41) is 38.9. The zero-order valence-corrected chi connectivity index (χ0v) is 88.0. The molecule has 0 spiro atoms. The summed E-state index contributed by atoms with van der Waals surface area (Å²) in [4.78, 5) is 68.0. The van der Waals surface area contributed by atoms with Crippen molar-refractivity contribution in [1.29, 1.82) is 21.6 Å². The molecular formula is C98H109Cl4N17O13S8. The van der Waals surface area contributed by atoms with Gasteiger partial charge in [0.25, 0.3) is 63.7 Å². The van der Waals surface area contributed by atoms with E-state index in [1.807, 2.05) is 69.3 Å². The number of rotatable bonds is 26. The highest BCUT2D eigenvalue weighted by molar-refractivity contribution is 7.92. The van der Waals surface area contributed by atoms with Gasteiger partial charge in [0.15, 0.2) is 0 Å². The first-order valence-electron chi connectivity index (χ1n) is 44.8. The lowest BCUT2D eigenvalue weighted by Gasteiger charge is -2.33. The van der Waals surface area contributed by atoms with Gasteiger partial charge in [-0.2, -0.15) is 17.2 Å². The Labute approximate surface area is 853 Å². The number of amidine groups is 4. The zero-order chi connectivity index (χ0) is 101. The number of benzene rings is 8. The van der Waals surface area contributed by atoms with E-state index >= 15 is 0 Å².